The highest BCUT2D eigenvalue weighted by molar-refractivity contribution is 5.90. The molecule has 2 heterocycles. The van der Waals surface area contributed by atoms with Gasteiger partial charge in [0.05, 0.1) is 24.9 Å². The Labute approximate surface area is 278 Å². The molecule has 3 aliphatic rings. The standard InChI is InChI=1S/C37H51N3O7/c1-37(2,3)39-35(45)31-20-17-25-7-4-5-8-30(25)40(31)22-29-21-32(26-13-11-24(23-41)12-14-26)47-36(46-29)27-15-18-28(19-16-27)38-33(42)9-6-10-34(43)44/h11-16,18-19,25,29-32,36,41H,4-10,17,20-23H2,1-3H3,(H,38,42)(H,39,45)(H,43,44)/t25-,29-,30-,31-,32+,36+/m1/s1. The maximum atomic E-state index is 13.7. The maximum absolute atomic E-state index is 13.7. The fourth-order valence-corrected chi connectivity index (χ4v) is 7.34. The number of carbonyl (C=O) groups excluding carboxylic acids is 2. The first-order valence-electron chi connectivity index (χ1n) is 17.2. The van der Waals surface area contributed by atoms with E-state index in [2.05, 4.69) is 15.5 Å². The number of amides is 2. The second kappa shape index (κ2) is 15.7. The van der Waals surface area contributed by atoms with Gasteiger partial charge in [-0.05, 0) is 82.1 Å². The van der Waals surface area contributed by atoms with E-state index in [1.54, 1.807) is 12.1 Å². The molecule has 1 saturated carbocycles. The van der Waals surface area contributed by atoms with Crippen molar-refractivity contribution < 1.29 is 34.1 Å². The Morgan fingerprint density at radius 2 is 1.60 bits per heavy atom. The summed E-state index contributed by atoms with van der Waals surface area (Å²) in [5.41, 5.74) is 2.94. The van der Waals surface area contributed by atoms with Crippen LogP contribution in [0.2, 0.25) is 0 Å². The Hall–Kier alpha value is -3.31. The minimum Gasteiger partial charge on any atom is -0.481 e. The van der Waals surface area contributed by atoms with Crippen molar-refractivity contribution in [1.82, 2.24) is 10.2 Å². The van der Waals surface area contributed by atoms with E-state index in [1.165, 1.54) is 19.3 Å². The Kier molecular flexibility index (Phi) is 11.7. The minimum absolute atomic E-state index is 0.0296. The van der Waals surface area contributed by atoms with E-state index in [1.807, 2.05) is 57.2 Å². The van der Waals surface area contributed by atoms with Crippen molar-refractivity contribution in [1.29, 1.82) is 0 Å². The number of anilines is 1. The number of nitrogens with one attached hydrogen (secondary N) is 2. The fourth-order valence-electron chi connectivity index (χ4n) is 7.34. The number of aliphatic hydroxyl groups is 1. The van der Waals surface area contributed by atoms with Crippen LogP contribution >= 0.6 is 0 Å². The highest BCUT2D eigenvalue weighted by Gasteiger charge is 2.44. The van der Waals surface area contributed by atoms with E-state index in [0.29, 0.717) is 30.6 Å². The van der Waals surface area contributed by atoms with Crippen LogP contribution in [0.4, 0.5) is 5.69 Å². The third-order valence-corrected chi connectivity index (χ3v) is 9.60. The van der Waals surface area contributed by atoms with Crippen LogP contribution in [0.1, 0.15) is 114 Å². The molecule has 0 aromatic heterocycles. The average Bonchev–Trinajstić information content (AvgIpc) is 3.04. The van der Waals surface area contributed by atoms with Gasteiger partial charge in [-0.15, -0.1) is 0 Å². The summed E-state index contributed by atoms with van der Waals surface area (Å²) < 4.78 is 13.3. The molecule has 0 radical (unpaired) electrons. The first-order chi connectivity index (χ1) is 22.5. The molecule has 2 aromatic rings. The Balaban J connectivity index is 1.36. The Morgan fingerprint density at radius 3 is 2.28 bits per heavy atom. The van der Waals surface area contributed by atoms with Crippen LogP contribution in [0.25, 0.3) is 0 Å². The largest absolute Gasteiger partial charge is 0.481 e. The van der Waals surface area contributed by atoms with Gasteiger partial charge in [0.25, 0.3) is 0 Å². The number of nitrogens with zero attached hydrogens (tertiary/aromatic N) is 1. The van der Waals surface area contributed by atoms with Crippen molar-refractivity contribution in [3.05, 3.63) is 65.2 Å². The number of hydrogen-bond acceptors (Lipinski definition) is 7. The van der Waals surface area contributed by atoms with Crippen LogP contribution in [0.5, 0.6) is 0 Å². The Bertz CT molecular complexity index is 1360. The summed E-state index contributed by atoms with van der Waals surface area (Å²) in [5.74, 6) is -0.477. The normalized spacial score (nSPS) is 26.6. The smallest absolute Gasteiger partial charge is 0.303 e. The van der Waals surface area contributed by atoms with Gasteiger partial charge >= 0.3 is 5.97 Å². The summed E-state index contributed by atoms with van der Waals surface area (Å²) in [7, 11) is 0. The lowest BCUT2D eigenvalue weighted by Crippen LogP contribution is -2.61. The quantitative estimate of drug-likeness (QED) is 0.238. The van der Waals surface area contributed by atoms with Crippen LogP contribution in [0.15, 0.2) is 48.5 Å². The van der Waals surface area contributed by atoms with Gasteiger partial charge in [-0.2, -0.15) is 0 Å². The first kappa shape index (κ1) is 35.0. The molecule has 10 nitrogen and oxygen atoms in total. The summed E-state index contributed by atoms with van der Waals surface area (Å²) >= 11 is 0. The zero-order valence-electron chi connectivity index (χ0n) is 28.0. The second-order valence-corrected chi connectivity index (χ2v) is 14.4. The average molecular weight is 650 g/mol. The van der Waals surface area contributed by atoms with Gasteiger partial charge < -0.3 is 30.3 Å². The molecule has 2 saturated heterocycles. The number of carboxylic acids is 1. The van der Waals surface area contributed by atoms with E-state index in [0.717, 1.165) is 36.0 Å². The van der Waals surface area contributed by atoms with E-state index in [-0.39, 0.29) is 61.5 Å². The zero-order chi connectivity index (χ0) is 33.6. The predicted molar refractivity (Wildman–Crippen MR) is 178 cm³/mol. The number of carbonyl (C=O) groups is 3. The molecule has 2 amide bonds. The molecule has 2 aromatic carbocycles. The summed E-state index contributed by atoms with van der Waals surface area (Å²) in [4.78, 5) is 39.2. The fraction of sp³-hybridized carbons (Fsp3) is 0.595. The zero-order valence-corrected chi connectivity index (χ0v) is 28.0. The van der Waals surface area contributed by atoms with Crippen LogP contribution in [-0.4, -0.2) is 63.2 Å². The van der Waals surface area contributed by atoms with Crippen molar-refractivity contribution in [2.75, 3.05) is 11.9 Å². The molecule has 47 heavy (non-hydrogen) atoms. The number of aliphatic hydroxyl groups excluding tert-OH is 1. The van der Waals surface area contributed by atoms with E-state index >= 15 is 0 Å². The second-order valence-electron chi connectivity index (χ2n) is 14.4. The lowest BCUT2D eigenvalue weighted by Gasteiger charge is -2.50. The molecular formula is C37H51N3O7. The van der Waals surface area contributed by atoms with E-state index < -0.39 is 12.3 Å². The molecule has 2 aliphatic heterocycles. The van der Waals surface area contributed by atoms with Crippen molar-refractivity contribution >= 4 is 23.5 Å². The number of benzene rings is 2. The molecule has 6 atom stereocenters. The number of likely N-dealkylation sites (tertiary alicyclic amines) is 1. The van der Waals surface area contributed by atoms with Crippen molar-refractivity contribution in [3.63, 3.8) is 0 Å². The molecule has 0 unspecified atom stereocenters. The van der Waals surface area contributed by atoms with Gasteiger partial charge in [0, 0.05) is 48.6 Å². The predicted octanol–water partition coefficient (Wildman–Crippen LogP) is 5.86. The summed E-state index contributed by atoms with van der Waals surface area (Å²) in [6.45, 7) is 6.67. The maximum Gasteiger partial charge on any atom is 0.303 e. The molecule has 0 spiro atoms. The molecule has 10 heteroatoms. The topological polar surface area (TPSA) is 137 Å². The number of fused-ring (bicyclic) bond motifs is 1. The number of rotatable bonds is 11. The number of carboxylic acid groups (broad SMARTS) is 1. The van der Waals surface area contributed by atoms with Crippen molar-refractivity contribution in [2.24, 2.45) is 5.92 Å². The van der Waals surface area contributed by atoms with E-state index in [4.69, 9.17) is 14.6 Å². The van der Waals surface area contributed by atoms with Crippen LogP contribution < -0.4 is 10.6 Å². The molecule has 5 rings (SSSR count). The van der Waals surface area contributed by atoms with Crippen molar-refractivity contribution in [3.8, 4) is 0 Å². The van der Waals surface area contributed by atoms with E-state index in [9.17, 15) is 19.5 Å². The van der Waals surface area contributed by atoms with Gasteiger partial charge in [0.1, 0.15) is 0 Å². The van der Waals surface area contributed by atoms with Gasteiger partial charge in [0.2, 0.25) is 11.8 Å². The highest BCUT2D eigenvalue weighted by Crippen LogP contribution is 2.42. The van der Waals surface area contributed by atoms with Crippen LogP contribution in [0, 0.1) is 5.92 Å². The van der Waals surface area contributed by atoms with Gasteiger partial charge in [-0.25, -0.2) is 0 Å². The molecule has 256 valence electrons. The van der Waals surface area contributed by atoms with Crippen molar-refractivity contribution in [2.45, 2.75) is 128 Å². The lowest BCUT2D eigenvalue weighted by atomic mass is 9.75. The van der Waals surface area contributed by atoms with Gasteiger partial charge in [0.15, 0.2) is 6.29 Å². The number of ether oxygens (including phenoxy) is 2. The minimum atomic E-state index is -0.918. The summed E-state index contributed by atoms with van der Waals surface area (Å²) in [6.07, 6.45) is 6.50. The summed E-state index contributed by atoms with van der Waals surface area (Å²) in [5, 5.41) is 24.5. The molecule has 0 bridgehead atoms. The third kappa shape index (κ3) is 9.63. The highest BCUT2D eigenvalue weighted by atomic mass is 16.7. The third-order valence-electron chi connectivity index (χ3n) is 9.60. The number of hydrogen-bond donors (Lipinski definition) is 4. The number of piperidine rings is 1. The van der Waals surface area contributed by atoms with Crippen LogP contribution in [-0.2, 0) is 30.5 Å². The Morgan fingerprint density at radius 1 is 0.894 bits per heavy atom. The molecule has 4 N–H and O–H groups in total. The monoisotopic (exact) mass is 649 g/mol. The number of aliphatic carboxylic acids is 1. The SMILES string of the molecule is CC(C)(C)NC(=O)[C@H]1CC[C@H]2CCCC[C@H]2N1C[C@H]1C[C@@H](c2ccc(CO)cc2)O[C@@H](c2ccc(NC(=O)CCCC(=O)O)cc2)O1. The molecular weight excluding hydrogens is 598 g/mol. The molecule has 3 fully saturated rings. The van der Waals surface area contributed by atoms with Gasteiger partial charge in [-0.1, -0.05) is 49.2 Å². The molecule has 1 aliphatic carbocycles. The lowest BCUT2D eigenvalue weighted by molar-refractivity contribution is -0.255. The van der Waals surface area contributed by atoms with Crippen LogP contribution in [0.3, 0.4) is 0 Å². The summed E-state index contributed by atoms with van der Waals surface area (Å²) in [6, 6.07) is 15.3. The first-order valence-corrected chi connectivity index (χ1v) is 17.2. The van der Waals surface area contributed by atoms with Gasteiger partial charge in [-0.3, -0.25) is 19.3 Å².